The Morgan fingerprint density at radius 2 is 2.08 bits per heavy atom. The van der Waals surface area contributed by atoms with Gasteiger partial charge >= 0.3 is 5.97 Å². The molecule has 0 atom stereocenters. The van der Waals surface area contributed by atoms with Crippen LogP contribution < -0.4 is 5.32 Å². The van der Waals surface area contributed by atoms with Crippen molar-refractivity contribution in [3.63, 3.8) is 0 Å². The molecule has 3 rings (SSSR count). The topological polar surface area (TPSA) is 84.4 Å². The summed E-state index contributed by atoms with van der Waals surface area (Å²) in [6, 6.07) is 0. The molecule has 0 unspecified atom stereocenters. The first kappa shape index (κ1) is 16.6. The van der Waals surface area contributed by atoms with Gasteiger partial charge in [0.15, 0.2) is 0 Å². The van der Waals surface area contributed by atoms with Crippen molar-refractivity contribution in [3.8, 4) is 0 Å². The molecule has 128 valence electrons. The van der Waals surface area contributed by atoms with E-state index in [1.54, 1.807) is 6.92 Å². The molecule has 1 N–H and O–H groups in total. The Kier molecular flexibility index (Phi) is 4.94. The van der Waals surface area contributed by atoms with E-state index >= 15 is 0 Å². The number of amides is 1. The summed E-state index contributed by atoms with van der Waals surface area (Å²) in [4.78, 5) is 35.8. The predicted octanol–water partition coefficient (Wildman–Crippen LogP) is 2.21. The zero-order valence-electron chi connectivity index (χ0n) is 13.8. The van der Waals surface area contributed by atoms with Gasteiger partial charge in [-0.15, -0.1) is 11.3 Å². The number of aryl methyl sites for hydroxylation is 1. The molecule has 7 nitrogen and oxygen atoms in total. The molecule has 2 aromatic rings. The molecule has 1 aliphatic heterocycles. The van der Waals surface area contributed by atoms with Crippen molar-refractivity contribution >= 4 is 39.2 Å². The second kappa shape index (κ2) is 7.12. The fourth-order valence-corrected chi connectivity index (χ4v) is 3.88. The van der Waals surface area contributed by atoms with E-state index in [9.17, 15) is 9.59 Å². The Bertz CT molecular complexity index is 768. The maximum absolute atomic E-state index is 12.2. The maximum Gasteiger partial charge on any atom is 0.348 e. The summed E-state index contributed by atoms with van der Waals surface area (Å²) in [5, 5.41) is 3.88. The summed E-state index contributed by atoms with van der Waals surface area (Å²) in [6.07, 6.45) is 3.57. The fourth-order valence-electron chi connectivity index (χ4n) is 2.83. The number of nitrogens with zero attached hydrogens (tertiary/aromatic N) is 3. The number of nitrogens with one attached hydrogen (secondary N) is 1. The molecular formula is C16H20N4O3S. The van der Waals surface area contributed by atoms with Gasteiger partial charge in [-0.3, -0.25) is 4.79 Å². The van der Waals surface area contributed by atoms with Gasteiger partial charge in [0.1, 0.15) is 21.9 Å². The number of fused-ring (bicyclic) bond motifs is 1. The molecule has 0 saturated carbocycles. The van der Waals surface area contributed by atoms with Gasteiger partial charge in [0.25, 0.3) is 0 Å². The molecule has 1 aliphatic rings. The van der Waals surface area contributed by atoms with Crippen LogP contribution in [0.15, 0.2) is 6.33 Å². The van der Waals surface area contributed by atoms with E-state index in [1.165, 1.54) is 17.7 Å². The van der Waals surface area contributed by atoms with Crippen LogP contribution in [0.3, 0.4) is 0 Å². The third kappa shape index (κ3) is 3.19. The highest BCUT2D eigenvalue weighted by Gasteiger charge is 2.21. The largest absolute Gasteiger partial charge is 0.462 e. The number of aromatic nitrogens is 2. The van der Waals surface area contributed by atoms with Crippen LogP contribution in [-0.2, 0) is 9.53 Å². The van der Waals surface area contributed by atoms with Crippen LogP contribution in [0.5, 0.6) is 0 Å². The van der Waals surface area contributed by atoms with Gasteiger partial charge in [-0.2, -0.15) is 0 Å². The van der Waals surface area contributed by atoms with E-state index in [2.05, 4.69) is 15.3 Å². The van der Waals surface area contributed by atoms with Crippen molar-refractivity contribution in [2.45, 2.75) is 26.7 Å². The molecule has 0 aliphatic carbocycles. The Morgan fingerprint density at radius 1 is 1.33 bits per heavy atom. The highest BCUT2D eigenvalue weighted by atomic mass is 32.1. The first-order chi connectivity index (χ1) is 11.6. The number of likely N-dealkylation sites (tertiary alicyclic amines) is 1. The number of carbonyl (C=O) groups is 2. The molecule has 1 fully saturated rings. The number of ether oxygens (including phenoxy) is 1. The molecule has 0 radical (unpaired) electrons. The summed E-state index contributed by atoms with van der Waals surface area (Å²) < 4.78 is 5.09. The number of anilines is 1. The van der Waals surface area contributed by atoms with Crippen LogP contribution in [-0.4, -0.2) is 53.0 Å². The van der Waals surface area contributed by atoms with Gasteiger partial charge in [0.2, 0.25) is 5.91 Å². The van der Waals surface area contributed by atoms with Crippen molar-refractivity contribution in [2.75, 3.05) is 31.6 Å². The second-order valence-corrected chi connectivity index (χ2v) is 6.62. The standard InChI is InChI=1S/C16H20N4O3S/c1-3-23-16(22)13-10(2)12-14(18-9-19-15(12)24-13)17-8-11(21)20-6-4-5-7-20/h9H,3-8H2,1-2H3,(H,17,18,19). The van der Waals surface area contributed by atoms with Crippen molar-refractivity contribution in [1.29, 1.82) is 0 Å². The number of esters is 1. The van der Waals surface area contributed by atoms with Crippen LogP contribution in [0.1, 0.15) is 35.0 Å². The Hall–Kier alpha value is -2.22. The summed E-state index contributed by atoms with van der Waals surface area (Å²) >= 11 is 1.28. The van der Waals surface area contributed by atoms with E-state index in [1.807, 2.05) is 11.8 Å². The van der Waals surface area contributed by atoms with Crippen LogP contribution in [0.4, 0.5) is 5.82 Å². The minimum absolute atomic E-state index is 0.0674. The van der Waals surface area contributed by atoms with E-state index < -0.39 is 0 Å². The lowest BCUT2D eigenvalue weighted by Crippen LogP contribution is -2.33. The van der Waals surface area contributed by atoms with Crippen molar-refractivity contribution in [2.24, 2.45) is 0 Å². The van der Waals surface area contributed by atoms with Gasteiger partial charge in [-0.1, -0.05) is 0 Å². The number of rotatable bonds is 5. The molecule has 1 amide bonds. The summed E-state index contributed by atoms with van der Waals surface area (Å²) in [6.45, 7) is 5.79. The highest BCUT2D eigenvalue weighted by Crippen LogP contribution is 2.33. The van der Waals surface area contributed by atoms with E-state index in [4.69, 9.17) is 4.74 Å². The molecular weight excluding hydrogens is 328 g/mol. The molecule has 3 heterocycles. The van der Waals surface area contributed by atoms with Gasteiger partial charge in [0, 0.05) is 13.1 Å². The van der Waals surface area contributed by atoms with Crippen molar-refractivity contribution in [3.05, 3.63) is 16.8 Å². The van der Waals surface area contributed by atoms with Crippen LogP contribution in [0, 0.1) is 6.92 Å². The lowest BCUT2D eigenvalue weighted by molar-refractivity contribution is -0.128. The Balaban J connectivity index is 1.82. The molecule has 24 heavy (non-hydrogen) atoms. The lowest BCUT2D eigenvalue weighted by atomic mass is 10.2. The zero-order chi connectivity index (χ0) is 17.1. The molecule has 0 aromatic carbocycles. The highest BCUT2D eigenvalue weighted by molar-refractivity contribution is 7.20. The first-order valence-electron chi connectivity index (χ1n) is 8.04. The summed E-state index contributed by atoms with van der Waals surface area (Å²) in [7, 11) is 0. The average Bonchev–Trinajstić information content (AvgIpc) is 3.21. The molecule has 8 heteroatoms. The summed E-state index contributed by atoms with van der Waals surface area (Å²) in [5.74, 6) is 0.298. The third-order valence-corrected chi connectivity index (χ3v) is 5.23. The molecule has 2 aromatic heterocycles. The molecule has 0 bridgehead atoms. The molecule has 0 spiro atoms. The van der Waals surface area contributed by atoms with Crippen molar-refractivity contribution in [1.82, 2.24) is 14.9 Å². The Labute approximate surface area is 144 Å². The van der Waals surface area contributed by atoms with Crippen LogP contribution in [0.2, 0.25) is 0 Å². The normalized spacial score (nSPS) is 14.2. The average molecular weight is 348 g/mol. The maximum atomic E-state index is 12.2. The number of thiophene rings is 1. The monoisotopic (exact) mass is 348 g/mol. The number of hydrogen-bond acceptors (Lipinski definition) is 7. The number of hydrogen-bond donors (Lipinski definition) is 1. The summed E-state index contributed by atoms with van der Waals surface area (Å²) in [5.41, 5.74) is 0.783. The van der Waals surface area contributed by atoms with Crippen LogP contribution >= 0.6 is 11.3 Å². The van der Waals surface area contributed by atoms with Gasteiger partial charge in [0.05, 0.1) is 18.5 Å². The quantitative estimate of drug-likeness (QED) is 0.834. The fraction of sp³-hybridized carbons (Fsp3) is 0.500. The second-order valence-electron chi connectivity index (χ2n) is 5.62. The van der Waals surface area contributed by atoms with Crippen LogP contribution in [0.25, 0.3) is 10.2 Å². The van der Waals surface area contributed by atoms with Crippen molar-refractivity contribution < 1.29 is 14.3 Å². The van der Waals surface area contributed by atoms with Gasteiger partial charge in [-0.25, -0.2) is 14.8 Å². The lowest BCUT2D eigenvalue weighted by Gasteiger charge is -2.15. The predicted molar refractivity (Wildman–Crippen MR) is 92.4 cm³/mol. The van der Waals surface area contributed by atoms with E-state index in [0.717, 1.165) is 36.9 Å². The van der Waals surface area contributed by atoms with E-state index in [-0.39, 0.29) is 18.4 Å². The molecule has 1 saturated heterocycles. The smallest absolute Gasteiger partial charge is 0.348 e. The Morgan fingerprint density at radius 3 is 2.79 bits per heavy atom. The minimum Gasteiger partial charge on any atom is -0.462 e. The van der Waals surface area contributed by atoms with E-state index in [0.29, 0.717) is 22.1 Å². The van der Waals surface area contributed by atoms with Gasteiger partial charge in [-0.05, 0) is 32.3 Å². The number of carbonyl (C=O) groups excluding carboxylic acids is 2. The third-order valence-electron chi connectivity index (χ3n) is 4.05. The zero-order valence-corrected chi connectivity index (χ0v) is 14.6. The SMILES string of the molecule is CCOC(=O)c1sc2ncnc(NCC(=O)N3CCCC3)c2c1C. The first-order valence-corrected chi connectivity index (χ1v) is 8.86. The van der Waals surface area contributed by atoms with Gasteiger partial charge < -0.3 is 15.0 Å². The minimum atomic E-state index is -0.350.